The second-order valence-electron chi connectivity index (χ2n) is 6.32. The SMILES string of the molecule is COc1ccc(CNCC(C)NC(=O)OC(C)(C)C)cc1C#N. The number of rotatable bonds is 6. The first-order valence-corrected chi connectivity index (χ1v) is 7.52. The lowest BCUT2D eigenvalue weighted by atomic mass is 10.1. The van der Waals surface area contributed by atoms with Gasteiger partial charge in [0.1, 0.15) is 17.4 Å². The third-order valence-electron chi connectivity index (χ3n) is 2.93. The Bertz CT molecular complexity index is 573. The monoisotopic (exact) mass is 319 g/mol. The first-order chi connectivity index (χ1) is 10.7. The number of nitrogens with one attached hydrogen (secondary N) is 2. The second kappa shape index (κ2) is 8.39. The van der Waals surface area contributed by atoms with Gasteiger partial charge in [-0.3, -0.25) is 0 Å². The Hall–Kier alpha value is -2.26. The van der Waals surface area contributed by atoms with E-state index in [0.717, 1.165) is 5.56 Å². The summed E-state index contributed by atoms with van der Waals surface area (Å²) in [5, 5.41) is 15.1. The van der Waals surface area contributed by atoms with Crippen LogP contribution in [-0.4, -0.2) is 31.4 Å². The van der Waals surface area contributed by atoms with Gasteiger partial charge in [-0.2, -0.15) is 5.26 Å². The highest BCUT2D eigenvalue weighted by Gasteiger charge is 2.17. The number of alkyl carbamates (subject to hydrolysis) is 1. The Kier molecular flexibility index (Phi) is 6.86. The predicted octanol–water partition coefficient (Wildman–Crippen LogP) is 2.57. The summed E-state index contributed by atoms with van der Waals surface area (Å²) in [6, 6.07) is 7.50. The number of hydrogen-bond donors (Lipinski definition) is 2. The van der Waals surface area contributed by atoms with Gasteiger partial charge in [-0.25, -0.2) is 4.79 Å². The van der Waals surface area contributed by atoms with Crippen molar-refractivity contribution in [1.29, 1.82) is 5.26 Å². The van der Waals surface area contributed by atoms with Crippen molar-refractivity contribution < 1.29 is 14.3 Å². The number of nitriles is 1. The van der Waals surface area contributed by atoms with E-state index in [2.05, 4.69) is 16.7 Å². The first kappa shape index (κ1) is 18.8. The number of benzene rings is 1. The number of ether oxygens (including phenoxy) is 2. The first-order valence-electron chi connectivity index (χ1n) is 7.52. The Balaban J connectivity index is 2.42. The molecule has 6 nitrogen and oxygen atoms in total. The predicted molar refractivity (Wildman–Crippen MR) is 88.2 cm³/mol. The normalized spacial score (nSPS) is 12.2. The highest BCUT2D eigenvalue weighted by atomic mass is 16.6. The van der Waals surface area contributed by atoms with Crippen molar-refractivity contribution in [2.45, 2.75) is 45.9 Å². The van der Waals surface area contributed by atoms with Gasteiger partial charge in [0.05, 0.1) is 12.7 Å². The molecule has 0 radical (unpaired) electrons. The molecule has 1 rings (SSSR count). The van der Waals surface area contributed by atoms with E-state index in [1.807, 2.05) is 33.8 Å². The molecule has 0 aliphatic heterocycles. The second-order valence-corrected chi connectivity index (χ2v) is 6.32. The van der Waals surface area contributed by atoms with Gasteiger partial charge in [0.25, 0.3) is 0 Å². The van der Waals surface area contributed by atoms with E-state index in [4.69, 9.17) is 14.7 Å². The zero-order chi connectivity index (χ0) is 17.5. The molecule has 0 spiro atoms. The Morgan fingerprint density at radius 3 is 2.65 bits per heavy atom. The summed E-state index contributed by atoms with van der Waals surface area (Å²) in [6.45, 7) is 8.56. The summed E-state index contributed by atoms with van der Waals surface area (Å²) in [5.74, 6) is 0.566. The van der Waals surface area contributed by atoms with Crippen molar-refractivity contribution >= 4 is 6.09 Å². The molecule has 1 atom stereocenters. The Morgan fingerprint density at radius 2 is 2.09 bits per heavy atom. The molecule has 0 bridgehead atoms. The van der Waals surface area contributed by atoms with Gasteiger partial charge in [0, 0.05) is 19.1 Å². The molecule has 0 aromatic heterocycles. The van der Waals surface area contributed by atoms with Gasteiger partial charge in [-0.15, -0.1) is 0 Å². The zero-order valence-corrected chi connectivity index (χ0v) is 14.4. The average Bonchev–Trinajstić information content (AvgIpc) is 2.44. The maximum atomic E-state index is 11.6. The maximum Gasteiger partial charge on any atom is 0.407 e. The summed E-state index contributed by atoms with van der Waals surface area (Å²) in [5.41, 5.74) is 0.979. The molecule has 0 heterocycles. The van der Waals surface area contributed by atoms with Gasteiger partial charge >= 0.3 is 6.09 Å². The maximum absolute atomic E-state index is 11.6. The molecule has 1 amide bonds. The molecule has 6 heteroatoms. The smallest absolute Gasteiger partial charge is 0.407 e. The van der Waals surface area contributed by atoms with E-state index in [9.17, 15) is 4.79 Å². The van der Waals surface area contributed by atoms with Crippen molar-refractivity contribution in [2.24, 2.45) is 0 Å². The van der Waals surface area contributed by atoms with E-state index in [1.165, 1.54) is 7.11 Å². The van der Waals surface area contributed by atoms with E-state index < -0.39 is 11.7 Å². The minimum atomic E-state index is -0.506. The van der Waals surface area contributed by atoms with Crippen LogP contribution in [0, 0.1) is 11.3 Å². The minimum Gasteiger partial charge on any atom is -0.495 e. The van der Waals surface area contributed by atoms with Crippen LogP contribution in [0.15, 0.2) is 18.2 Å². The third-order valence-corrected chi connectivity index (χ3v) is 2.93. The molecular weight excluding hydrogens is 294 g/mol. The van der Waals surface area contributed by atoms with Gasteiger partial charge in [-0.05, 0) is 45.4 Å². The van der Waals surface area contributed by atoms with Crippen LogP contribution in [0.1, 0.15) is 38.8 Å². The summed E-state index contributed by atoms with van der Waals surface area (Å²) >= 11 is 0. The summed E-state index contributed by atoms with van der Waals surface area (Å²) in [7, 11) is 1.54. The van der Waals surface area contributed by atoms with Crippen LogP contribution in [0.5, 0.6) is 5.75 Å². The molecular formula is C17H25N3O3. The molecule has 0 saturated heterocycles. The number of carbonyl (C=O) groups excluding carboxylic acids is 1. The van der Waals surface area contributed by atoms with Crippen molar-refractivity contribution in [3.05, 3.63) is 29.3 Å². The number of hydrogen-bond acceptors (Lipinski definition) is 5. The molecule has 23 heavy (non-hydrogen) atoms. The molecule has 1 aromatic carbocycles. The largest absolute Gasteiger partial charge is 0.495 e. The summed E-state index contributed by atoms with van der Waals surface area (Å²) in [6.07, 6.45) is -0.428. The van der Waals surface area contributed by atoms with Crippen LogP contribution in [0.25, 0.3) is 0 Å². The zero-order valence-electron chi connectivity index (χ0n) is 14.4. The highest BCUT2D eigenvalue weighted by Crippen LogP contribution is 2.18. The van der Waals surface area contributed by atoms with Gasteiger partial charge in [-0.1, -0.05) is 6.07 Å². The van der Waals surface area contributed by atoms with Crippen LogP contribution in [0.3, 0.4) is 0 Å². The molecule has 126 valence electrons. The number of methoxy groups -OCH3 is 1. The van der Waals surface area contributed by atoms with E-state index in [0.29, 0.717) is 24.4 Å². The molecule has 0 fully saturated rings. The summed E-state index contributed by atoms with van der Waals surface area (Å²) < 4.78 is 10.3. The highest BCUT2D eigenvalue weighted by molar-refractivity contribution is 5.68. The lowest BCUT2D eigenvalue weighted by molar-refractivity contribution is 0.0508. The van der Waals surface area contributed by atoms with Crippen LogP contribution in [0.2, 0.25) is 0 Å². The molecule has 1 unspecified atom stereocenters. The molecule has 1 aromatic rings. The quantitative estimate of drug-likeness (QED) is 0.842. The van der Waals surface area contributed by atoms with Gasteiger partial charge < -0.3 is 20.1 Å². The van der Waals surface area contributed by atoms with Crippen molar-refractivity contribution in [2.75, 3.05) is 13.7 Å². The van der Waals surface area contributed by atoms with Gasteiger partial charge in [0.15, 0.2) is 0 Å². The molecule has 2 N–H and O–H groups in total. The lowest BCUT2D eigenvalue weighted by Crippen LogP contribution is -2.42. The lowest BCUT2D eigenvalue weighted by Gasteiger charge is -2.22. The van der Waals surface area contributed by atoms with Gasteiger partial charge in [0.2, 0.25) is 0 Å². The molecule has 0 aliphatic carbocycles. The number of nitrogens with zero attached hydrogens (tertiary/aromatic N) is 1. The minimum absolute atomic E-state index is 0.0708. The standard InChI is InChI=1S/C17H25N3O3/c1-12(20-16(21)23-17(2,3)4)10-19-11-13-6-7-15(22-5)14(8-13)9-18/h6-8,12,19H,10-11H2,1-5H3,(H,20,21). The van der Waals surface area contributed by atoms with Crippen molar-refractivity contribution in [3.8, 4) is 11.8 Å². The van der Waals surface area contributed by atoms with Crippen LogP contribution in [-0.2, 0) is 11.3 Å². The topological polar surface area (TPSA) is 83.4 Å². The fourth-order valence-corrected chi connectivity index (χ4v) is 1.95. The van der Waals surface area contributed by atoms with Crippen LogP contribution in [0.4, 0.5) is 4.79 Å². The molecule has 0 aliphatic rings. The van der Waals surface area contributed by atoms with E-state index >= 15 is 0 Å². The van der Waals surface area contributed by atoms with Crippen molar-refractivity contribution in [1.82, 2.24) is 10.6 Å². The van der Waals surface area contributed by atoms with E-state index in [-0.39, 0.29) is 6.04 Å². The summed E-state index contributed by atoms with van der Waals surface area (Å²) in [4.78, 5) is 11.6. The number of carbonyl (C=O) groups is 1. The fourth-order valence-electron chi connectivity index (χ4n) is 1.95. The van der Waals surface area contributed by atoms with Crippen molar-refractivity contribution in [3.63, 3.8) is 0 Å². The average molecular weight is 319 g/mol. The van der Waals surface area contributed by atoms with E-state index in [1.54, 1.807) is 12.1 Å². The molecule has 0 saturated carbocycles. The number of amides is 1. The Morgan fingerprint density at radius 1 is 1.39 bits per heavy atom. The van der Waals surface area contributed by atoms with Crippen LogP contribution < -0.4 is 15.4 Å². The fraction of sp³-hybridized carbons (Fsp3) is 0.529. The van der Waals surface area contributed by atoms with Crippen LogP contribution >= 0.6 is 0 Å². The third kappa shape index (κ3) is 7.02. The Labute approximate surface area is 137 Å².